The fraction of sp³-hybridized carbons (Fsp3) is 0.462. The van der Waals surface area contributed by atoms with Crippen molar-refractivity contribution < 1.29 is 18.0 Å². The van der Waals surface area contributed by atoms with Crippen molar-refractivity contribution in [1.82, 2.24) is 5.32 Å². The molecular formula is C13H17F3N2OS. The molecule has 0 saturated carbocycles. The number of thioether (sulfide) groups is 1. The first-order valence-corrected chi connectivity index (χ1v) is 7.49. The first kappa shape index (κ1) is 16.8. The molecule has 0 saturated heterocycles. The third-order valence-corrected chi connectivity index (χ3v) is 3.17. The molecule has 112 valence electrons. The molecule has 1 aromatic carbocycles. The Morgan fingerprint density at radius 1 is 1.35 bits per heavy atom. The van der Waals surface area contributed by atoms with E-state index in [4.69, 9.17) is 0 Å². The van der Waals surface area contributed by atoms with Gasteiger partial charge in [-0.1, -0.05) is 12.1 Å². The number of carbonyl (C=O) groups is 1. The van der Waals surface area contributed by atoms with Gasteiger partial charge < -0.3 is 10.6 Å². The largest absolute Gasteiger partial charge is 0.471 e. The van der Waals surface area contributed by atoms with Crippen LogP contribution in [-0.2, 0) is 11.3 Å². The van der Waals surface area contributed by atoms with E-state index in [9.17, 15) is 18.0 Å². The summed E-state index contributed by atoms with van der Waals surface area (Å²) in [6.45, 7) is 1.41. The van der Waals surface area contributed by atoms with Crippen LogP contribution >= 0.6 is 11.8 Å². The lowest BCUT2D eigenvalue weighted by Crippen LogP contribution is -2.29. The van der Waals surface area contributed by atoms with Gasteiger partial charge in [0.05, 0.1) is 0 Å². The van der Waals surface area contributed by atoms with E-state index in [1.54, 1.807) is 23.9 Å². The van der Waals surface area contributed by atoms with Crippen LogP contribution in [0.25, 0.3) is 0 Å². The number of hydrogen-bond donors (Lipinski definition) is 2. The van der Waals surface area contributed by atoms with Gasteiger partial charge >= 0.3 is 12.1 Å². The van der Waals surface area contributed by atoms with Crippen LogP contribution in [0.15, 0.2) is 24.3 Å². The topological polar surface area (TPSA) is 41.1 Å². The number of alkyl halides is 3. The summed E-state index contributed by atoms with van der Waals surface area (Å²) >= 11 is 1.77. The van der Waals surface area contributed by atoms with Crippen molar-refractivity contribution in [3.05, 3.63) is 29.8 Å². The Morgan fingerprint density at radius 2 is 2.10 bits per heavy atom. The normalized spacial score (nSPS) is 11.4. The number of rotatable bonds is 7. The standard InChI is InChI=1S/C13H17F3N2OS/c1-20-7-3-6-17-9-10-4-2-5-11(8-10)18-12(19)13(14,15)16/h2,4-5,8,17H,3,6-7,9H2,1H3,(H,18,19). The molecule has 0 unspecified atom stereocenters. The number of benzene rings is 1. The fourth-order valence-electron chi connectivity index (χ4n) is 1.54. The lowest BCUT2D eigenvalue weighted by Gasteiger charge is -2.10. The quantitative estimate of drug-likeness (QED) is 0.761. The average Bonchev–Trinajstić information content (AvgIpc) is 2.38. The van der Waals surface area contributed by atoms with Gasteiger partial charge in [0.1, 0.15) is 0 Å². The average molecular weight is 306 g/mol. The van der Waals surface area contributed by atoms with Crippen LogP contribution in [0.3, 0.4) is 0 Å². The second-order valence-electron chi connectivity index (χ2n) is 4.18. The number of amides is 1. The molecule has 0 atom stereocenters. The summed E-state index contributed by atoms with van der Waals surface area (Å²) < 4.78 is 36.4. The van der Waals surface area contributed by atoms with Gasteiger partial charge in [-0.15, -0.1) is 0 Å². The monoisotopic (exact) mass is 306 g/mol. The SMILES string of the molecule is CSCCCNCc1cccc(NC(=O)C(F)(F)F)c1. The van der Waals surface area contributed by atoms with Crippen LogP contribution in [0.4, 0.5) is 18.9 Å². The first-order chi connectivity index (χ1) is 9.43. The van der Waals surface area contributed by atoms with Crippen LogP contribution in [-0.4, -0.2) is 30.6 Å². The van der Waals surface area contributed by atoms with Crippen LogP contribution < -0.4 is 10.6 Å². The molecule has 0 heterocycles. The lowest BCUT2D eigenvalue weighted by molar-refractivity contribution is -0.167. The molecular weight excluding hydrogens is 289 g/mol. The summed E-state index contributed by atoms with van der Waals surface area (Å²) in [5.74, 6) is -0.892. The van der Waals surface area contributed by atoms with E-state index < -0.39 is 12.1 Å². The molecule has 0 aromatic heterocycles. The van der Waals surface area contributed by atoms with Gasteiger partial charge in [0.15, 0.2) is 0 Å². The van der Waals surface area contributed by atoms with Crippen molar-refractivity contribution in [1.29, 1.82) is 0 Å². The first-order valence-electron chi connectivity index (χ1n) is 6.10. The summed E-state index contributed by atoms with van der Waals surface area (Å²) in [6, 6.07) is 6.38. The highest BCUT2D eigenvalue weighted by Crippen LogP contribution is 2.18. The predicted molar refractivity (Wildman–Crippen MR) is 75.8 cm³/mol. The molecule has 1 rings (SSSR count). The molecule has 0 fully saturated rings. The lowest BCUT2D eigenvalue weighted by atomic mass is 10.2. The molecule has 3 nitrogen and oxygen atoms in total. The summed E-state index contributed by atoms with van der Waals surface area (Å²) in [7, 11) is 0. The Bertz CT molecular complexity index is 438. The Morgan fingerprint density at radius 3 is 2.75 bits per heavy atom. The number of nitrogens with one attached hydrogen (secondary N) is 2. The fourth-order valence-corrected chi connectivity index (χ4v) is 1.97. The molecule has 0 bridgehead atoms. The summed E-state index contributed by atoms with van der Waals surface area (Å²) in [5, 5.41) is 5.04. The Kier molecular flexibility index (Phi) is 6.87. The molecule has 1 amide bonds. The second-order valence-corrected chi connectivity index (χ2v) is 5.16. The van der Waals surface area contributed by atoms with E-state index in [-0.39, 0.29) is 5.69 Å². The molecule has 0 aliphatic heterocycles. The Labute approximate surface area is 120 Å². The summed E-state index contributed by atoms with van der Waals surface area (Å²) in [4.78, 5) is 10.8. The molecule has 2 N–H and O–H groups in total. The highest BCUT2D eigenvalue weighted by atomic mass is 32.2. The molecule has 0 radical (unpaired) electrons. The number of carbonyl (C=O) groups excluding carboxylic acids is 1. The van der Waals surface area contributed by atoms with Crippen molar-refractivity contribution in [3.8, 4) is 0 Å². The zero-order chi connectivity index (χ0) is 15.0. The highest BCUT2D eigenvalue weighted by Gasteiger charge is 2.38. The Hall–Kier alpha value is -1.21. The van der Waals surface area contributed by atoms with Gasteiger partial charge in [0.25, 0.3) is 0 Å². The number of hydrogen-bond acceptors (Lipinski definition) is 3. The van der Waals surface area contributed by atoms with Gasteiger partial charge in [-0.2, -0.15) is 24.9 Å². The number of anilines is 1. The van der Waals surface area contributed by atoms with Crippen molar-refractivity contribution in [3.63, 3.8) is 0 Å². The molecule has 0 aliphatic carbocycles. The predicted octanol–water partition coefficient (Wildman–Crippen LogP) is 3.03. The van der Waals surface area contributed by atoms with Crippen LogP contribution in [0, 0.1) is 0 Å². The smallest absolute Gasteiger partial charge is 0.318 e. The molecule has 1 aromatic rings. The minimum absolute atomic E-state index is 0.149. The maximum Gasteiger partial charge on any atom is 0.471 e. The maximum absolute atomic E-state index is 12.1. The van der Waals surface area contributed by atoms with E-state index in [2.05, 4.69) is 5.32 Å². The zero-order valence-corrected chi connectivity index (χ0v) is 11.9. The van der Waals surface area contributed by atoms with Crippen molar-refractivity contribution in [2.24, 2.45) is 0 Å². The maximum atomic E-state index is 12.1. The van der Waals surface area contributed by atoms with E-state index in [0.717, 1.165) is 24.3 Å². The van der Waals surface area contributed by atoms with Gasteiger partial charge in [0.2, 0.25) is 0 Å². The van der Waals surface area contributed by atoms with Crippen molar-refractivity contribution in [2.75, 3.05) is 23.9 Å². The van der Waals surface area contributed by atoms with E-state index >= 15 is 0 Å². The molecule has 20 heavy (non-hydrogen) atoms. The van der Waals surface area contributed by atoms with Gasteiger partial charge in [-0.25, -0.2) is 0 Å². The molecule has 0 aliphatic rings. The van der Waals surface area contributed by atoms with Gasteiger partial charge in [-0.3, -0.25) is 4.79 Å². The third-order valence-electron chi connectivity index (χ3n) is 2.47. The second kappa shape index (κ2) is 8.16. The highest BCUT2D eigenvalue weighted by molar-refractivity contribution is 7.98. The van der Waals surface area contributed by atoms with Crippen molar-refractivity contribution >= 4 is 23.4 Å². The number of halogens is 3. The Balaban J connectivity index is 2.47. The zero-order valence-electron chi connectivity index (χ0n) is 11.1. The third kappa shape index (κ3) is 6.29. The minimum atomic E-state index is -4.87. The van der Waals surface area contributed by atoms with Crippen molar-refractivity contribution in [2.45, 2.75) is 19.1 Å². The molecule has 7 heteroatoms. The minimum Gasteiger partial charge on any atom is -0.318 e. The van der Waals surface area contributed by atoms with E-state index in [1.807, 2.05) is 11.6 Å². The van der Waals surface area contributed by atoms with E-state index in [1.165, 1.54) is 12.1 Å². The van der Waals surface area contributed by atoms with Gasteiger partial charge in [0, 0.05) is 12.2 Å². The summed E-state index contributed by atoms with van der Waals surface area (Å²) in [5.41, 5.74) is 0.977. The van der Waals surface area contributed by atoms with Crippen LogP contribution in [0.1, 0.15) is 12.0 Å². The van der Waals surface area contributed by atoms with Crippen LogP contribution in [0.2, 0.25) is 0 Å². The van der Waals surface area contributed by atoms with E-state index in [0.29, 0.717) is 6.54 Å². The van der Waals surface area contributed by atoms with Gasteiger partial charge in [-0.05, 0) is 42.7 Å². The summed E-state index contributed by atoms with van der Waals surface area (Å²) in [6.07, 6.45) is -1.80. The molecule has 0 spiro atoms. The van der Waals surface area contributed by atoms with Crippen LogP contribution in [0.5, 0.6) is 0 Å².